The molecule has 1 aromatic carbocycles. The first-order valence-electron chi connectivity index (χ1n) is 7.14. The second-order valence-electron chi connectivity index (χ2n) is 5.00. The number of morpholine rings is 1. The van der Waals surface area contributed by atoms with Gasteiger partial charge in [0.2, 0.25) is 0 Å². The molecule has 0 spiro atoms. The zero-order valence-corrected chi connectivity index (χ0v) is 12.0. The van der Waals surface area contributed by atoms with E-state index in [-0.39, 0.29) is 12.0 Å². The fourth-order valence-electron chi connectivity index (χ4n) is 2.29. The number of carbonyl (C=O) groups is 1. The van der Waals surface area contributed by atoms with Gasteiger partial charge in [-0.05, 0) is 24.2 Å². The molecule has 0 bridgehead atoms. The summed E-state index contributed by atoms with van der Waals surface area (Å²) in [6.45, 7) is 6.79. The highest BCUT2D eigenvalue weighted by Crippen LogP contribution is 2.06. The summed E-state index contributed by atoms with van der Waals surface area (Å²) in [7, 11) is 0. The van der Waals surface area contributed by atoms with Crippen LogP contribution in [0.2, 0.25) is 0 Å². The van der Waals surface area contributed by atoms with Gasteiger partial charge in [0.05, 0.1) is 12.7 Å². The monoisotopic (exact) mass is 277 g/mol. The number of nitrogens with zero attached hydrogens (tertiary/aromatic N) is 1. The molecule has 1 aromatic rings. The number of rotatable bonds is 5. The highest BCUT2D eigenvalue weighted by atomic mass is 16.5. The van der Waals surface area contributed by atoms with Crippen molar-refractivity contribution in [3.63, 3.8) is 0 Å². The van der Waals surface area contributed by atoms with Gasteiger partial charge in [0.25, 0.3) is 5.91 Å². The maximum atomic E-state index is 12.0. The highest BCUT2D eigenvalue weighted by Gasteiger charge is 2.19. The zero-order chi connectivity index (χ0) is 14.4. The lowest BCUT2D eigenvalue weighted by Gasteiger charge is -2.32. The van der Waals surface area contributed by atoms with E-state index < -0.39 is 0 Å². The minimum absolute atomic E-state index is 0.0641. The zero-order valence-electron chi connectivity index (χ0n) is 12.0. The van der Waals surface area contributed by atoms with Gasteiger partial charge in [0, 0.05) is 31.7 Å². The molecular formula is C15H23N3O2. The molecule has 0 aromatic heterocycles. The van der Waals surface area contributed by atoms with E-state index in [1.54, 1.807) is 12.1 Å². The summed E-state index contributed by atoms with van der Waals surface area (Å²) >= 11 is 0. The van der Waals surface area contributed by atoms with Crippen LogP contribution >= 0.6 is 0 Å². The molecule has 0 saturated carbocycles. The third kappa shape index (κ3) is 4.03. The van der Waals surface area contributed by atoms with Gasteiger partial charge in [-0.3, -0.25) is 9.69 Å². The van der Waals surface area contributed by atoms with Crippen LogP contribution in [0.25, 0.3) is 0 Å². The quantitative estimate of drug-likeness (QED) is 0.827. The number of ether oxygens (including phenoxy) is 1. The Morgan fingerprint density at radius 1 is 1.45 bits per heavy atom. The van der Waals surface area contributed by atoms with Gasteiger partial charge in [-0.2, -0.15) is 0 Å². The fourth-order valence-corrected chi connectivity index (χ4v) is 2.29. The fraction of sp³-hybridized carbons (Fsp3) is 0.533. The molecule has 1 saturated heterocycles. The van der Waals surface area contributed by atoms with E-state index in [4.69, 9.17) is 10.5 Å². The molecule has 0 aliphatic carbocycles. The number of nitrogens with one attached hydrogen (secondary N) is 1. The van der Waals surface area contributed by atoms with Crippen molar-refractivity contribution in [1.29, 1.82) is 0 Å². The molecule has 0 radical (unpaired) electrons. The number of hydrogen-bond donors (Lipinski definition) is 2. The normalized spacial score (nSPS) is 19.8. The Hall–Kier alpha value is -1.43. The van der Waals surface area contributed by atoms with Gasteiger partial charge in [-0.25, -0.2) is 0 Å². The van der Waals surface area contributed by atoms with Crippen molar-refractivity contribution in [2.24, 2.45) is 5.73 Å². The van der Waals surface area contributed by atoms with Gasteiger partial charge >= 0.3 is 0 Å². The Morgan fingerprint density at radius 3 is 2.85 bits per heavy atom. The summed E-state index contributed by atoms with van der Waals surface area (Å²) in [6.07, 6.45) is 0.0796. The Balaban J connectivity index is 1.82. The minimum atomic E-state index is -0.0641. The predicted molar refractivity (Wildman–Crippen MR) is 78.5 cm³/mol. The molecule has 1 aliphatic heterocycles. The smallest absolute Gasteiger partial charge is 0.251 e. The lowest BCUT2D eigenvalue weighted by molar-refractivity contribution is -0.0246. The van der Waals surface area contributed by atoms with Gasteiger partial charge in [0.1, 0.15) is 0 Å². The van der Waals surface area contributed by atoms with E-state index >= 15 is 0 Å². The Morgan fingerprint density at radius 2 is 2.20 bits per heavy atom. The van der Waals surface area contributed by atoms with Crippen LogP contribution in [0.5, 0.6) is 0 Å². The molecule has 110 valence electrons. The van der Waals surface area contributed by atoms with Crippen LogP contribution in [0.1, 0.15) is 22.8 Å². The molecule has 3 N–H and O–H groups in total. The largest absolute Gasteiger partial charge is 0.374 e. The lowest BCUT2D eigenvalue weighted by atomic mass is 10.1. The third-order valence-corrected chi connectivity index (χ3v) is 3.61. The maximum Gasteiger partial charge on any atom is 0.251 e. The highest BCUT2D eigenvalue weighted by molar-refractivity contribution is 5.94. The molecule has 20 heavy (non-hydrogen) atoms. The van der Waals surface area contributed by atoms with Crippen molar-refractivity contribution in [2.45, 2.75) is 19.6 Å². The standard InChI is InChI=1S/C15H23N3O2/c1-2-18-7-8-20-14(11-18)10-17-15(19)13-5-3-12(9-16)4-6-13/h3-6,14H,2,7-11,16H2,1H3,(H,17,19). The molecule has 5 heteroatoms. The first-order chi connectivity index (χ1) is 9.72. The van der Waals surface area contributed by atoms with E-state index in [0.29, 0.717) is 18.7 Å². The lowest BCUT2D eigenvalue weighted by Crippen LogP contribution is -2.47. The molecule has 1 heterocycles. The Kier molecular flexibility index (Phi) is 5.52. The summed E-state index contributed by atoms with van der Waals surface area (Å²) in [4.78, 5) is 14.4. The minimum Gasteiger partial charge on any atom is -0.374 e. The summed E-state index contributed by atoms with van der Waals surface area (Å²) in [5.41, 5.74) is 7.22. The number of nitrogens with two attached hydrogens (primary N) is 1. The van der Waals surface area contributed by atoms with E-state index in [2.05, 4.69) is 17.1 Å². The third-order valence-electron chi connectivity index (χ3n) is 3.61. The van der Waals surface area contributed by atoms with E-state index in [0.717, 1.165) is 31.8 Å². The number of benzene rings is 1. The van der Waals surface area contributed by atoms with Crippen molar-refractivity contribution in [3.8, 4) is 0 Å². The molecule has 1 aliphatic rings. The average molecular weight is 277 g/mol. The second kappa shape index (κ2) is 7.38. The van der Waals surface area contributed by atoms with Gasteiger partial charge in [0.15, 0.2) is 0 Å². The van der Waals surface area contributed by atoms with Crippen molar-refractivity contribution in [2.75, 3.05) is 32.8 Å². The number of amides is 1. The predicted octanol–water partition coefficient (Wildman–Crippen LogP) is 0.596. The van der Waals surface area contributed by atoms with Crippen LogP contribution in [0.4, 0.5) is 0 Å². The van der Waals surface area contributed by atoms with Crippen LogP contribution in [0.3, 0.4) is 0 Å². The van der Waals surface area contributed by atoms with Gasteiger partial charge in [-0.1, -0.05) is 19.1 Å². The van der Waals surface area contributed by atoms with Crippen molar-refractivity contribution < 1.29 is 9.53 Å². The first kappa shape index (κ1) is 15.0. The summed E-state index contributed by atoms with van der Waals surface area (Å²) in [5.74, 6) is -0.0641. The molecule has 1 unspecified atom stereocenters. The van der Waals surface area contributed by atoms with Crippen molar-refractivity contribution in [3.05, 3.63) is 35.4 Å². The van der Waals surface area contributed by atoms with E-state index in [1.807, 2.05) is 12.1 Å². The molecule has 2 rings (SSSR count). The Bertz CT molecular complexity index is 433. The van der Waals surface area contributed by atoms with Crippen molar-refractivity contribution >= 4 is 5.91 Å². The van der Waals surface area contributed by atoms with Gasteiger partial charge in [-0.15, -0.1) is 0 Å². The van der Waals surface area contributed by atoms with Crippen molar-refractivity contribution in [1.82, 2.24) is 10.2 Å². The van der Waals surface area contributed by atoms with Crippen LogP contribution in [-0.4, -0.2) is 49.7 Å². The summed E-state index contributed by atoms with van der Waals surface area (Å²) in [6, 6.07) is 7.37. The number of likely N-dealkylation sites (N-methyl/N-ethyl adjacent to an activating group) is 1. The SMILES string of the molecule is CCN1CCOC(CNC(=O)c2ccc(CN)cc2)C1. The maximum absolute atomic E-state index is 12.0. The first-order valence-corrected chi connectivity index (χ1v) is 7.14. The molecular weight excluding hydrogens is 254 g/mol. The molecule has 1 amide bonds. The average Bonchev–Trinajstić information content (AvgIpc) is 2.53. The molecule has 1 atom stereocenters. The van der Waals surface area contributed by atoms with Gasteiger partial charge < -0.3 is 15.8 Å². The topological polar surface area (TPSA) is 67.6 Å². The number of hydrogen-bond acceptors (Lipinski definition) is 4. The Labute approximate surface area is 120 Å². The summed E-state index contributed by atoms with van der Waals surface area (Å²) in [5, 5.41) is 2.93. The number of carbonyl (C=O) groups excluding carboxylic acids is 1. The van der Waals surface area contributed by atoms with Crippen LogP contribution in [-0.2, 0) is 11.3 Å². The molecule has 1 fully saturated rings. The van der Waals surface area contributed by atoms with Crippen LogP contribution in [0, 0.1) is 0 Å². The van der Waals surface area contributed by atoms with Crippen LogP contribution in [0.15, 0.2) is 24.3 Å². The molecule has 5 nitrogen and oxygen atoms in total. The second-order valence-corrected chi connectivity index (χ2v) is 5.00. The van der Waals surface area contributed by atoms with E-state index in [1.165, 1.54) is 0 Å². The van der Waals surface area contributed by atoms with E-state index in [9.17, 15) is 4.79 Å². The summed E-state index contributed by atoms with van der Waals surface area (Å²) < 4.78 is 5.66. The van der Waals surface area contributed by atoms with Crippen LogP contribution < -0.4 is 11.1 Å².